The molecule has 1 fully saturated rings. The summed E-state index contributed by atoms with van der Waals surface area (Å²) in [6.45, 7) is 4.63. The summed E-state index contributed by atoms with van der Waals surface area (Å²) in [7, 11) is 0. The van der Waals surface area contributed by atoms with E-state index in [1.807, 2.05) is 54.6 Å². The number of ether oxygens (including phenoxy) is 2. The number of nitrogens with zero attached hydrogens (tertiary/aromatic N) is 6. The van der Waals surface area contributed by atoms with Crippen LogP contribution in [0.3, 0.4) is 0 Å². The summed E-state index contributed by atoms with van der Waals surface area (Å²) in [5, 5.41) is 20.0. The highest BCUT2D eigenvalue weighted by atomic mass is 32.2. The third-order valence-corrected chi connectivity index (χ3v) is 7.64. The smallest absolute Gasteiger partial charge is 0.321 e. The summed E-state index contributed by atoms with van der Waals surface area (Å²) in [4.78, 5) is 20.1. The van der Waals surface area contributed by atoms with Gasteiger partial charge in [-0.05, 0) is 48.2 Å². The molecule has 1 aliphatic rings. The topological polar surface area (TPSA) is 119 Å². The van der Waals surface area contributed by atoms with E-state index in [1.165, 1.54) is 23.1 Å². The minimum absolute atomic E-state index is 0.263. The van der Waals surface area contributed by atoms with Gasteiger partial charge in [0.25, 0.3) is 0 Å². The van der Waals surface area contributed by atoms with Gasteiger partial charge in [-0.2, -0.15) is 4.52 Å². The number of benzene rings is 2. The number of carbonyl (C=O) groups excluding carboxylic acids is 1. The highest BCUT2D eigenvalue weighted by molar-refractivity contribution is 7.99. The number of urea groups is 1. The van der Waals surface area contributed by atoms with Crippen LogP contribution in [0.15, 0.2) is 70.7 Å². The van der Waals surface area contributed by atoms with Gasteiger partial charge in [0.2, 0.25) is 11.0 Å². The number of para-hydroxylation sites is 1. The third kappa shape index (κ3) is 5.86. The number of amides is 2. The standard InChI is InChI=1S/C25H24N8O3S2/c34-23(26-10-11-32-12-14-35-15-13-32)28-24-27-19-7-6-18(16-20(19)38-24)37-25-30-29-21-8-9-22(31-33(21)25)36-17-4-2-1-3-5-17/h1-9,16H,10-15H2,(H2,26,27,28,34). The van der Waals surface area contributed by atoms with E-state index in [2.05, 4.69) is 35.8 Å². The van der Waals surface area contributed by atoms with Gasteiger partial charge in [-0.25, -0.2) is 9.78 Å². The Kier molecular flexibility index (Phi) is 7.31. The lowest BCUT2D eigenvalue weighted by molar-refractivity contribution is 0.0388. The number of nitrogens with one attached hydrogen (secondary N) is 2. The molecule has 6 rings (SSSR count). The molecule has 194 valence electrons. The lowest BCUT2D eigenvalue weighted by Crippen LogP contribution is -2.42. The highest BCUT2D eigenvalue weighted by Gasteiger charge is 2.14. The summed E-state index contributed by atoms with van der Waals surface area (Å²) in [5.74, 6) is 1.15. The van der Waals surface area contributed by atoms with Crippen LogP contribution in [0.5, 0.6) is 11.6 Å². The second kappa shape index (κ2) is 11.3. The molecular formula is C25H24N8O3S2. The number of fused-ring (bicyclic) bond motifs is 2. The number of anilines is 1. The molecule has 4 heterocycles. The van der Waals surface area contributed by atoms with Crippen molar-refractivity contribution >= 4 is 50.1 Å². The molecule has 5 aromatic rings. The number of hydrogen-bond acceptors (Lipinski definition) is 10. The number of hydrogen-bond donors (Lipinski definition) is 2. The van der Waals surface area contributed by atoms with Crippen molar-refractivity contribution in [3.8, 4) is 11.6 Å². The Labute approximate surface area is 226 Å². The molecule has 0 bridgehead atoms. The summed E-state index contributed by atoms with van der Waals surface area (Å²) < 4.78 is 13.8. The van der Waals surface area contributed by atoms with Gasteiger partial charge in [0.05, 0.1) is 23.4 Å². The minimum Gasteiger partial charge on any atom is -0.438 e. The molecule has 0 unspecified atom stereocenters. The zero-order chi connectivity index (χ0) is 25.7. The molecule has 38 heavy (non-hydrogen) atoms. The first kappa shape index (κ1) is 24.6. The fourth-order valence-corrected chi connectivity index (χ4v) is 5.70. The SMILES string of the molecule is O=C(NCCN1CCOCC1)Nc1nc2ccc(Sc3nnc4ccc(Oc5ccccc5)nn34)cc2s1. The fraction of sp³-hybridized carbons (Fsp3) is 0.240. The third-order valence-electron chi connectivity index (χ3n) is 5.78. The second-order valence-corrected chi connectivity index (χ2v) is 10.5. The van der Waals surface area contributed by atoms with E-state index >= 15 is 0 Å². The van der Waals surface area contributed by atoms with Crippen LogP contribution in [0.2, 0.25) is 0 Å². The van der Waals surface area contributed by atoms with Crippen molar-refractivity contribution in [3.05, 3.63) is 60.7 Å². The van der Waals surface area contributed by atoms with E-state index in [-0.39, 0.29) is 6.03 Å². The Hall–Kier alpha value is -3.78. The summed E-state index contributed by atoms with van der Waals surface area (Å²) >= 11 is 2.86. The molecule has 1 aliphatic heterocycles. The van der Waals surface area contributed by atoms with Crippen LogP contribution in [-0.2, 0) is 4.74 Å². The molecule has 3 aromatic heterocycles. The van der Waals surface area contributed by atoms with E-state index in [0.29, 0.717) is 34.1 Å². The summed E-state index contributed by atoms with van der Waals surface area (Å²) in [6, 6.07) is 18.7. The van der Waals surface area contributed by atoms with Crippen molar-refractivity contribution in [1.82, 2.24) is 35.0 Å². The summed E-state index contributed by atoms with van der Waals surface area (Å²) in [6.07, 6.45) is 0. The minimum atomic E-state index is -0.263. The van der Waals surface area contributed by atoms with E-state index < -0.39 is 0 Å². The monoisotopic (exact) mass is 548 g/mol. The number of thiazole rings is 1. The molecule has 0 aliphatic carbocycles. The molecule has 13 heteroatoms. The van der Waals surface area contributed by atoms with Crippen molar-refractivity contribution in [2.24, 2.45) is 0 Å². The zero-order valence-corrected chi connectivity index (χ0v) is 21.9. The zero-order valence-electron chi connectivity index (χ0n) is 20.2. The van der Waals surface area contributed by atoms with Gasteiger partial charge < -0.3 is 14.8 Å². The van der Waals surface area contributed by atoms with E-state index in [4.69, 9.17) is 9.47 Å². The van der Waals surface area contributed by atoms with Crippen LogP contribution in [0, 0.1) is 0 Å². The van der Waals surface area contributed by atoms with Crippen LogP contribution < -0.4 is 15.4 Å². The Bertz CT molecular complexity index is 1550. The van der Waals surface area contributed by atoms with Crippen molar-refractivity contribution in [2.45, 2.75) is 10.1 Å². The van der Waals surface area contributed by atoms with Crippen LogP contribution in [0.1, 0.15) is 0 Å². The quantitative estimate of drug-likeness (QED) is 0.295. The molecule has 2 amide bonds. The van der Waals surface area contributed by atoms with Crippen LogP contribution in [0.4, 0.5) is 9.93 Å². The van der Waals surface area contributed by atoms with Gasteiger partial charge in [0.15, 0.2) is 10.8 Å². The Morgan fingerprint density at radius 1 is 1.08 bits per heavy atom. The maximum absolute atomic E-state index is 12.3. The molecule has 2 aromatic carbocycles. The van der Waals surface area contributed by atoms with E-state index in [9.17, 15) is 4.79 Å². The average molecular weight is 549 g/mol. The first-order valence-corrected chi connectivity index (χ1v) is 13.7. The molecule has 0 saturated carbocycles. The van der Waals surface area contributed by atoms with Crippen molar-refractivity contribution in [2.75, 3.05) is 44.7 Å². The predicted molar refractivity (Wildman–Crippen MR) is 145 cm³/mol. The van der Waals surface area contributed by atoms with E-state index in [0.717, 1.165) is 48.0 Å². The number of aromatic nitrogens is 5. The van der Waals surface area contributed by atoms with Crippen LogP contribution in [0.25, 0.3) is 15.9 Å². The maximum Gasteiger partial charge on any atom is 0.321 e. The molecule has 0 atom stereocenters. The predicted octanol–water partition coefficient (Wildman–Crippen LogP) is 4.13. The second-order valence-electron chi connectivity index (χ2n) is 8.42. The maximum atomic E-state index is 12.3. The van der Waals surface area contributed by atoms with Gasteiger partial charge in [0, 0.05) is 37.1 Å². The van der Waals surface area contributed by atoms with Gasteiger partial charge >= 0.3 is 6.03 Å². The number of carbonyl (C=O) groups is 1. The van der Waals surface area contributed by atoms with Crippen molar-refractivity contribution < 1.29 is 14.3 Å². The van der Waals surface area contributed by atoms with Crippen molar-refractivity contribution in [1.29, 1.82) is 0 Å². The highest BCUT2D eigenvalue weighted by Crippen LogP contribution is 2.33. The van der Waals surface area contributed by atoms with Crippen LogP contribution >= 0.6 is 23.1 Å². The van der Waals surface area contributed by atoms with Gasteiger partial charge in [0.1, 0.15) is 5.75 Å². The molecule has 0 spiro atoms. The first-order chi connectivity index (χ1) is 18.7. The lowest BCUT2D eigenvalue weighted by atomic mass is 10.3. The van der Waals surface area contributed by atoms with Crippen LogP contribution in [-0.4, -0.2) is 75.1 Å². The normalized spacial score (nSPS) is 14.1. The number of rotatable bonds is 8. The molecule has 11 nitrogen and oxygen atoms in total. The molecule has 0 radical (unpaired) electrons. The van der Waals surface area contributed by atoms with E-state index in [1.54, 1.807) is 10.6 Å². The average Bonchev–Trinajstić information content (AvgIpc) is 3.52. The van der Waals surface area contributed by atoms with Crippen molar-refractivity contribution in [3.63, 3.8) is 0 Å². The summed E-state index contributed by atoms with van der Waals surface area (Å²) in [5.41, 5.74) is 1.43. The molecule has 2 N–H and O–H groups in total. The molecular weight excluding hydrogens is 524 g/mol. The Morgan fingerprint density at radius 2 is 1.95 bits per heavy atom. The number of morpholine rings is 1. The molecule has 1 saturated heterocycles. The first-order valence-electron chi connectivity index (χ1n) is 12.1. The lowest BCUT2D eigenvalue weighted by Gasteiger charge is -2.26. The van der Waals surface area contributed by atoms with Gasteiger partial charge in [-0.3, -0.25) is 10.2 Å². The fourth-order valence-electron chi connectivity index (χ4n) is 3.90. The largest absolute Gasteiger partial charge is 0.438 e. The Morgan fingerprint density at radius 3 is 2.82 bits per heavy atom. The Balaban J connectivity index is 1.10. The van der Waals surface area contributed by atoms with Gasteiger partial charge in [-0.15, -0.1) is 15.3 Å². The van der Waals surface area contributed by atoms with Gasteiger partial charge in [-0.1, -0.05) is 29.5 Å².